The lowest BCUT2D eigenvalue weighted by atomic mass is 10.1. The predicted octanol–water partition coefficient (Wildman–Crippen LogP) is 3.87. The number of rotatable bonds is 3. The number of benzene rings is 1. The van der Waals surface area contributed by atoms with Crippen LogP contribution in [0.2, 0.25) is 5.02 Å². The fourth-order valence-corrected chi connectivity index (χ4v) is 4.74. The Morgan fingerprint density at radius 2 is 2.00 bits per heavy atom. The van der Waals surface area contributed by atoms with Gasteiger partial charge < -0.3 is 10.2 Å². The standard InChI is InChI=1S/C19H21ClN4OS/c1-12-16-11-17(18(25)23(2)14-7-9-21-10-8-14)26-19(16)24(22-12)15-5-3-13(20)4-6-15/h3-6,11,14,21H,7-10H2,1-2H3. The first kappa shape index (κ1) is 17.5. The average molecular weight is 389 g/mol. The molecule has 5 nitrogen and oxygen atoms in total. The molecule has 4 rings (SSSR count). The summed E-state index contributed by atoms with van der Waals surface area (Å²) in [4.78, 5) is 16.6. The minimum absolute atomic E-state index is 0.0974. The van der Waals surface area contributed by atoms with E-state index in [4.69, 9.17) is 11.6 Å². The summed E-state index contributed by atoms with van der Waals surface area (Å²) in [5.41, 5.74) is 1.87. The summed E-state index contributed by atoms with van der Waals surface area (Å²) in [5, 5.41) is 9.71. The van der Waals surface area contributed by atoms with Crippen LogP contribution >= 0.6 is 22.9 Å². The van der Waals surface area contributed by atoms with Crippen molar-refractivity contribution in [2.75, 3.05) is 20.1 Å². The SMILES string of the molecule is Cc1nn(-c2ccc(Cl)cc2)c2sc(C(=O)N(C)C3CCNCC3)cc12. The van der Waals surface area contributed by atoms with Gasteiger partial charge in [-0.25, -0.2) is 4.68 Å². The van der Waals surface area contributed by atoms with Gasteiger partial charge in [0.15, 0.2) is 0 Å². The summed E-state index contributed by atoms with van der Waals surface area (Å²) in [7, 11) is 1.92. The van der Waals surface area contributed by atoms with Gasteiger partial charge in [-0.1, -0.05) is 11.6 Å². The van der Waals surface area contributed by atoms with E-state index in [1.165, 1.54) is 11.3 Å². The van der Waals surface area contributed by atoms with Gasteiger partial charge in [0.05, 0.1) is 16.3 Å². The van der Waals surface area contributed by atoms with Crippen LogP contribution in [0.1, 0.15) is 28.2 Å². The van der Waals surface area contributed by atoms with Crippen molar-refractivity contribution < 1.29 is 4.79 Å². The maximum atomic E-state index is 13.0. The van der Waals surface area contributed by atoms with E-state index in [1.807, 2.05) is 53.9 Å². The molecule has 7 heteroatoms. The molecular formula is C19H21ClN4OS. The van der Waals surface area contributed by atoms with E-state index in [1.54, 1.807) is 0 Å². The Hall–Kier alpha value is -1.89. The zero-order valence-electron chi connectivity index (χ0n) is 14.8. The Bertz CT molecular complexity index is 941. The molecule has 1 fully saturated rings. The van der Waals surface area contributed by atoms with Crippen molar-refractivity contribution in [1.82, 2.24) is 20.0 Å². The topological polar surface area (TPSA) is 50.2 Å². The molecule has 26 heavy (non-hydrogen) atoms. The highest BCUT2D eigenvalue weighted by Gasteiger charge is 2.25. The van der Waals surface area contributed by atoms with E-state index >= 15 is 0 Å². The third kappa shape index (κ3) is 3.13. The Morgan fingerprint density at radius 3 is 2.69 bits per heavy atom. The minimum Gasteiger partial charge on any atom is -0.338 e. The maximum Gasteiger partial charge on any atom is 0.264 e. The summed E-state index contributed by atoms with van der Waals surface area (Å²) in [6, 6.07) is 9.87. The van der Waals surface area contributed by atoms with Crippen LogP contribution in [0.15, 0.2) is 30.3 Å². The second kappa shape index (κ2) is 7.02. The number of nitrogens with zero attached hydrogens (tertiary/aromatic N) is 3. The van der Waals surface area contributed by atoms with Gasteiger partial charge in [-0.3, -0.25) is 4.79 Å². The molecule has 2 aromatic heterocycles. The highest BCUT2D eigenvalue weighted by Crippen LogP contribution is 2.31. The summed E-state index contributed by atoms with van der Waals surface area (Å²) in [5.74, 6) is 0.0974. The molecule has 1 aliphatic rings. The van der Waals surface area contributed by atoms with E-state index in [0.717, 1.165) is 52.4 Å². The van der Waals surface area contributed by atoms with Crippen molar-refractivity contribution in [3.05, 3.63) is 45.9 Å². The number of nitrogens with one attached hydrogen (secondary N) is 1. The fourth-order valence-electron chi connectivity index (χ4n) is 3.44. The van der Waals surface area contributed by atoms with Crippen LogP contribution in [0.25, 0.3) is 15.9 Å². The number of hydrogen-bond acceptors (Lipinski definition) is 4. The third-order valence-corrected chi connectivity index (χ3v) is 6.35. The van der Waals surface area contributed by atoms with Crippen molar-refractivity contribution in [1.29, 1.82) is 0 Å². The predicted molar refractivity (Wildman–Crippen MR) is 107 cm³/mol. The Balaban J connectivity index is 1.68. The zero-order valence-corrected chi connectivity index (χ0v) is 16.4. The first-order valence-corrected chi connectivity index (χ1v) is 9.97. The third-order valence-electron chi connectivity index (χ3n) is 5.00. The number of carbonyl (C=O) groups is 1. The Kier molecular flexibility index (Phi) is 4.73. The van der Waals surface area contributed by atoms with Crippen molar-refractivity contribution in [3.63, 3.8) is 0 Å². The van der Waals surface area contributed by atoms with Gasteiger partial charge in [0.2, 0.25) is 0 Å². The molecule has 0 atom stereocenters. The number of thiophene rings is 1. The number of aryl methyl sites for hydroxylation is 1. The van der Waals surface area contributed by atoms with Crippen molar-refractivity contribution in [2.24, 2.45) is 0 Å². The van der Waals surface area contributed by atoms with Crippen LogP contribution in [-0.2, 0) is 0 Å². The molecule has 0 saturated carbocycles. The highest BCUT2D eigenvalue weighted by molar-refractivity contribution is 7.20. The van der Waals surface area contributed by atoms with Gasteiger partial charge >= 0.3 is 0 Å². The van der Waals surface area contributed by atoms with Crippen LogP contribution in [0.5, 0.6) is 0 Å². The zero-order chi connectivity index (χ0) is 18.3. The molecule has 1 aromatic carbocycles. The van der Waals surface area contributed by atoms with Crippen LogP contribution in [0.4, 0.5) is 0 Å². The van der Waals surface area contributed by atoms with Crippen LogP contribution in [0, 0.1) is 6.92 Å². The largest absolute Gasteiger partial charge is 0.338 e. The number of amides is 1. The molecular weight excluding hydrogens is 368 g/mol. The maximum absolute atomic E-state index is 13.0. The molecule has 3 aromatic rings. The molecule has 1 saturated heterocycles. The van der Waals surface area contributed by atoms with Gasteiger partial charge in [-0.05, 0) is 63.2 Å². The Labute approximate surface area is 161 Å². The first-order valence-electron chi connectivity index (χ1n) is 8.77. The van der Waals surface area contributed by atoms with E-state index < -0.39 is 0 Å². The quantitative estimate of drug-likeness (QED) is 0.740. The van der Waals surface area contributed by atoms with Crippen molar-refractivity contribution in [3.8, 4) is 5.69 Å². The van der Waals surface area contributed by atoms with Gasteiger partial charge in [0, 0.05) is 23.5 Å². The smallest absolute Gasteiger partial charge is 0.264 e. The molecule has 0 bridgehead atoms. The van der Waals surface area contributed by atoms with E-state index in [2.05, 4.69) is 10.4 Å². The van der Waals surface area contributed by atoms with Gasteiger partial charge in [0.1, 0.15) is 4.83 Å². The second-order valence-electron chi connectivity index (χ2n) is 6.70. The monoisotopic (exact) mass is 388 g/mol. The van der Waals surface area contributed by atoms with E-state index in [0.29, 0.717) is 11.1 Å². The lowest BCUT2D eigenvalue weighted by Crippen LogP contribution is -2.43. The minimum atomic E-state index is 0.0974. The van der Waals surface area contributed by atoms with Gasteiger partial charge in [0.25, 0.3) is 5.91 Å². The number of hydrogen-bond donors (Lipinski definition) is 1. The summed E-state index contributed by atoms with van der Waals surface area (Å²) >= 11 is 7.50. The number of aromatic nitrogens is 2. The van der Waals surface area contributed by atoms with Gasteiger partial charge in [-0.15, -0.1) is 11.3 Å². The van der Waals surface area contributed by atoms with E-state index in [9.17, 15) is 4.79 Å². The summed E-state index contributed by atoms with van der Waals surface area (Å²) in [6.07, 6.45) is 2.01. The molecule has 0 aliphatic carbocycles. The highest BCUT2D eigenvalue weighted by atomic mass is 35.5. The number of piperidine rings is 1. The fraction of sp³-hybridized carbons (Fsp3) is 0.368. The molecule has 1 N–H and O–H groups in total. The van der Waals surface area contributed by atoms with Crippen molar-refractivity contribution in [2.45, 2.75) is 25.8 Å². The van der Waals surface area contributed by atoms with E-state index in [-0.39, 0.29) is 5.91 Å². The molecule has 3 heterocycles. The molecule has 0 unspecified atom stereocenters. The van der Waals surface area contributed by atoms with Crippen LogP contribution in [-0.4, -0.2) is 46.8 Å². The van der Waals surface area contributed by atoms with Crippen molar-refractivity contribution >= 4 is 39.1 Å². The van der Waals surface area contributed by atoms with Gasteiger partial charge in [-0.2, -0.15) is 5.10 Å². The molecule has 0 radical (unpaired) electrons. The number of fused-ring (bicyclic) bond motifs is 1. The molecule has 1 aliphatic heterocycles. The number of halogens is 1. The molecule has 136 valence electrons. The molecule has 0 spiro atoms. The van der Waals surface area contributed by atoms with Crippen LogP contribution in [0.3, 0.4) is 0 Å². The molecule has 1 amide bonds. The Morgan fingerprint density at radius 1 is 1.31 bits per heavy atom. The second-order valence-corrected chi connectivity index (χ2v) is 8.17. The normalized spacial score (nSPS) is 15.5. The average Bonchev–Trinajstić information content (AvgIpc) is 3.23. The lowest BCUT2D eigenvalue weighted by Gasteiger charge is -2.31. The first-order chi connectivity index (χ1) is 12.5. The lowest BCUT2D eigenvalue weighted by molar-refractivity contribution is 0.0708. The van der Waals surface area contributed by atoms with Crippen LogP contribution < -0.4 is 5.32 Å². The summed E-state index contributed by atoms with van der Waals surface area (Å²) < 4.78 is 1.90. The number of carbonyl (C=O) groups excluding carboxylic acids is 1. The summed E-state index contributed by atoms with van der Waals surface area (Å²) in [6.45, 7) is 3.92.